The number of H-pyrrole nitrogens is 1. The summed E-state index contributed by atoms with van der Waals surface area (Å²) in [6, 6.07) is 12.3. The average molecular weight is 457 g/mol. The summed E-state index contributed by atoms with van der Waals surface area (Å²) in [4.78, 5) is 28.7. The Kier molecular flexibility index (Phi) is 4.69. The first-order chi connectivity index (χ1) is 16.1. The maximum Gasteiger partial charge on any atom is 0.264 e. The zero-order valence-corrected chi connectivity index (χ0v) is 19.1. The minimum Gasteiger partial charge on any atom is -0.382 e. The van der Waals surface area contributed by atoms with Gasteiger partial charge in [-0.25, -0.2) is 9.97 Å². The summed E-state index contributed by atoms with van der Waals surface area (Å²) >= 11 is 1.52. The fourth-order valence-corrected chi connectivity index (χ4v) is 5.73. The van der Waals surface area contributed by atoms with Crippen LogP contribution in [0.1, 0.15) is 39.8 Å². The second-order valence-corrected chi connectivity index (χ2v) is 9.54. The number of likely N-dealkylation sites (tertiary alicyclic amines) is 1. The van der Waals surface area contributed by atoms with Crippen LogP contribution in [-0.2, 0) is 0 Å². The van der Waals surface area contributed by atoms with Crippen LogP contribution in [0.5, 0.6) is 0 Å². The van der Waals surface area contributed by atoms with Crippen molar-refractivity contribution in [2.24, 2.45) is 0 Å². The van der Waals surface area contributed by atoms with Gasteiger partial charge in [0.1, 0.15) is 22.9 Å². The standard InChI is InChI=1S/C25H24N6OS/c1-15-8-13-33-22(15)25(32)30-10-6-16(7-11-30)24-29-20(21-23(26)27-9-12-31(21)24)19-14-17-4-2-3-5-18(17)28-19/h2-5,8-9,12-14,16,28H,6-7,10-11H2,1H3,(H2,26,27). The smallest absolute Gasteiger partial charge is 0.264 e. The van der Waals surface area contributed by atoms with Gasteiger partial charge >= 0.3 is 0 Å². The number of aromatic amines is 1. The number of benzene rings is 1. The third-order valence-electron chi connectivity index (χ3n) is 6.60. The summed E-state index contributed by atoms with van der Waals surface area (Å²) in [6.07, 6.45) is 5.39. The van der Waals surface area contributed by atoms with Crippen LogP contribution in [0.25, 0.3) is 27.8 Å². The fraction of sp³-hybridized carbons (Fsp3) is 0.240. The van der Waals surface area contributed by atoms with E-state index in [1.807, 2.05) is 41.6 Å². The number of nitrogens with one attached hydrogen (secondary N) is 1. The van der Waals surface area contributed by atoms with E-state index in [1.54, 1.807) is 6.20 Å². The van der Waals surface area contributed by atoms with Gasteiger partial charge in [0.2, 0.25) is 0 Å². The van der Waals surface area contributed by atoms with Crippen LogP contribution in [0.3, 0.4) is 0 Å². The fourth-order valence-electron chi connectivity index (χ4n) is 4.84. The number of hydrogen-bond acceptors (Lipinski definition) is 5. The zero-order valence-electron chi connectivity index (χ0n) is 18.3. The van der Waals surface area contributed by atoms with Crippen molar-refractivity contribution in [3.8, 4) is 11.4 Å². The van der Waals surface area contributed by atoms with E-state index >= 15 is 0 Å². The third kappa shape index (κ3) is 3.29. The van der Waals surface area contributed by atoms with Crippen molar-refractivity contribution < 1.29 is 4.79 Å². The minimum atomic E-state index is 0.140. The Labute approximate surface area is 194 Å². The summed E-state index contributed by atoms with van der Waals surface area (Å²) in [5, 5.41) is 3.11. The van der Waals surface area contributed by atoms with Crippen molar-refractivity contribution in [3.63, 3.8) is 0 Å². The highest BCUT2D eigenvalue weighted by Gasteiger charge is 2.29. The Hall–Kier alpha value is -3.65. The molecule has 166 valence electrons. The number of piperidine rings is 1. The second kappa shape index (κ2) is 7.74. The first-order valence-corrected chi connectivity index (χ1v) is 12.0. The molecule has 0 aliphatic carbocycles. The van der Waals surface area contributed by atoms with Crippen molar-refractivity contribution in [2.45, 2.75) is 25.7 Å². The first-order valence-electron chi connectivity index (χ1n) is 11.1. The van der Waals surface area contributed by atoms with E-state index in [-0.39, 0.29) is 11.8 Å². The zero-order chi connectivity index (χ0) is 22.5. The van der Waals surface area contributed by atoms with E-state index in [2.05, 4.69) is 32.6 Å². The second-order valence-electron chi connectivity index (χ2n) is 8.62. The Bertz CT molecular complexity index is 1450. The number of amides is 1. The number of nitrogens with two attached hydrogens (primary N) is 1. The molecule has 0 unspecified atom stereocenters. The maximum absolute atomic E-state index is 12.9. The Morgan fingerprint density at radius 2 is 2.03 bits per heavy atom. The van der Waals surface area contributed by atoms with Gasteiger partial charge in [0.25, 0.3) is 5.91 Å². The molecular formula is C25H24N6OS. The van der Waals surface area contributed by atoms with Crippen LogP contribution in [0.4, 0.5) is 5.82 Å². The van der Waals surface area contributed by atoms with E-state index in [1.165, 1.54) is 11.3 Å². The molecule has 0 saturated carbocycles. The van der Waals surface area contributed by atoms with Crippen molar-refractivity contribution in [1.29, 1.82) is 0 Å². The summed E-state index contributed by atoms with van der Waals surface area (Å²) in [7, 11) is 0. The molecule has 8 heteroatoms. The lowest BCUT2D eigenvalue weighted by atomic mass is 9.95. The van der Waals surface area contributed by atoms with Gasteiger partial charge in [0.05, 0.1) is 10.6 Å². The van der Waals surface area contributed by atoms with Crippen molar-refractivity contribution in [1.82, 2.24) is 24.3 Å². The quantitative estimate of drug-likeness (QED) is 0.406. The maximum atomic E-state index is 12.9. The molecule has 1 aliphatic heterocycles. The number of nitrogen functional groups attached to an aromatic ring is 1. The summed E-state index contributed by atoms with van der Waals surface area (Å²) in [6.45, 7) is 3.44. The lowest BCUT2D eigenvalue weighted by molar-refractivity contribution is 0.0715. The topological polar surface area (TPSA) is 92.3 Å². The molecule has 0 radical (unpaired) electrons. The summed E-state index contributed by atoms with van der Waals surface area (Å²) < 4.78 is 2.08. The van der Waals surface area contributed by atoms with Crippen LogP contribution in [-0.4, -0.2) is 43.2 Å². The predicted octanol–water partition coefficient (Wildman–Crippen LogP) is 4.85. The van der Waals surface area contributed by atoms with E-state index in [0.29, 0.717) is 5.82 Å². The predicted molar refractivity (Wildman–Crippen MR) is 132 cm³/mol. The normalized spacial score (nSPS) is 15.0. The summed E-state index contributed by atoms with van der Waals surface area (Å²) in [5.41, 5.74) is 11.0. The number of para-hydroxylation sites is 1. The molecule has 33 heavy (non-hydrogen) atoms. The number of imidazole rings is 1. The molecule has 3 N–H and O–H groups in total. The van der Waals surface area contributed by atoms with Crippen molar-refractivity contribution in [3.05, 3.63) is 70.4 Å². The van der Waals surface area contributed by atoms with E-state index in [4.69, 9.17) is 10.7 Å². The number of aromatic nitrogens is 4. The largest absolute Gasteiger partial charge is 0.382 e. The Morgan fingerprint density at radius 3 is 2.79 bits per heavy atom. The van der Waals surface area contributed by atoms with Crippen LogP contribution >= 0.6 is 11.3 Å². The lowest BCUT2D eigenvalue weighted by Gasteiger charge is -2.31. The molecule has 6 rings (SSSR count). The number of carbonyl (C=O) groups excluding carboxylic acids is 1. The Morgan fingerprint density at radius 1 is 1.21 bits per heavy atom. The van der Waals surface area contributed by atoms with E-state index in [0.717, 1.165) is 70.0 Å². The molecule has 0 atom stereocenters. The SMILES string of the molecule is Cc1ccsc1C(=O)N1CCC(c2nc(-c3cc4ccccc4[nH]3)c3c(N)nccn23)CC1. The highest BCUT2D eigenvalue weighted by Crippen LogP contribution is 2.35. The summed E-state index contributed by atoms with van der Waals surface area (Å²) in [5.74, 6) is 1.82. The number of carbonyl (C=O) groups is 1. The van der Waals surface area contributed by atoms with Gasteiger partial charge in [-0.1, -0.05) is 18.2 Å². The van der Waals surface area contributed by atoms with Gasteiger partial charge in [-0.3, -0.25) is 9.20 Å². The monoisotopic (exact) mass is 456 g/mol. The van der Waals surface area contributed by atoms with Gasteiger partial charge in [-0.2, -0.15) is 0 Å². The van der Waals surface area contributed by atoms with Gasteiger partial charge in [-0.15, -0.1) is 11.3 Å². The molecular weight excluding hydrogens is 432 g/mol. The minimum absolute atomic E-state index is 0.140. The molecule has 1 saturated heterocycles. The van der Waals surface area contributed by atoms with Gasteiger partial charge in [0.15, 0.2) is 0 Å². The van der Waals surface area contributed by atoms with Gasteiger partial charge in [-0.05, 0) is 48.9 Å². The molecule has 4 aromatic heterocycles. The van der Waals surface area contributed by atoms with Crippen LogP contribution in [0.15, 0.2) is 54.2 Å². The molecule has 7 nitrogen and oxygen atoms in total. The van der Waals surface area contributed by atoms with Crippen molar-refractivity contribution >= 4 is 39.5 Å². The van der Waals surface area contributed by atoms with Crippen molar-refractivity contribution in [2.75, 3.05) is 18.8 Å². The highest BCUT2D eigenvalue weighted by molar-refractivity contribution is 7.12. The third-order valence-corrected chi connectivity index (χ3v) is 7.60. The number of hydrogen-bond donors (Lipinski definition) is 2. The Balaban J connectivity index is 1.34. The lowest BCUT2D eigenvalue weighted by Crippen LogP contribution is -2.38. The molecule has 5 aromatic rings. The first kappa shape index (κ1) is 20.0. The number of thiophene rings is 1. The molecule has 1 fully saturated rings. The number of aryl methyl sites for hydroxylation is 1. The number of fused-ring (bicyclic) bond motifs is 2. The van der Waals surface area contributed by atoms with Gasteiger partial charge < -0.3 is 15.6 Å². The molecule has 1 amide bonds. The van der Waals surface area contributed by atoms with Crippen LogP contribution < -0.4 is 5.73 Å². The van der Waals surface area contributed by atoms with Crippen LogP contribution in [0, 0.1) is 6.92 Å². The highest BCUT2D eigenvalue weighted by atomic mass is 32.1. The molecule has 1 aromatic carbocycles. The van der Waals surface area contributed by atoms with Crippen LogP contribution in [0.2, 0.25) is 0 Å². The molecule has 0 bridgehead atoms. The van der Waals surface area contributed by atoms with Gasteiger partial charge in [0, 0.05) is 42.3 Å². The number of rotatable bonds is 3. The van der Waals surface area contributed by atoms with E-state index < -0.39 is 0 Å². The average Bonchev–Trinajstić information content (AvgIpc) is 3.55. The molecule has 5 heterocycles. The molecule has 0 spiro atoms. The number of nitrogens with zero attached hydrogens (tertiary/aromatic N) is 4. The number of anilines is 1. The molecule has 1 aliphatic rings. The van der Waals surface area contributed by atoms with E-state index in [9.17, 15) is 4.79 Å².